The number of esters is 1. The molecule has 1 aromatic carbocycles. The fraction of sp³-hybridized carbons (Fsp3) is 0.400. The first-order chi connectivity index (χ1) is 10.5. The molecule has 0 spiro atoms. The Morgan fingerprint density at radius 1 is 1.41 bits per heavy atom. The van der Waals surface area contributed by atoms with Crippen LogP contribution in [0, 0.1) is 0 Å². The molecule has 1 aliphatic heterocycles. The SMILES string of the molecule is COCc1cccc(C(=O)O[C@@H](C)C(=O)N2CCNC2=O)c1. The van der Waals surface area contributed by atoms with Gasteiger partial charge in [0.15, 0.2) is 6.10 Å². The van der Waals surface area contributed by atoms with Crippen LogP contribution in [-0.2, 0) is 20.9 Å². The highest BCUT2D eigenvalue weighted by atomic mass is 16.5. The van der Waals surface area contributed by atoms with Crippen molar-refractivity contribution in [3.63, 3.8) is 0 Å². The number of rotatable bonds is 5. The highest BCUT2D eigenvalue weighted by Gasteiger charge is 2.31. The van der Waals surface area contributed by atoms with E-state index < -0.39 is 24.0 Å². The summed E-state index contributed by atoms with van der Waals surface area (Å²) in [4.78, 5) is 36.6. The van der Waals surface area contributed by atoms with Crippen LogP contribution < -0.4 is 5.32 Å². The molecule has 2 rings (SSSR count). The zero-order chi connectivity index (χ0) is 16.1. The van der Waals surface area contributed by atoms with E-state index in [1.54, 1.807) is 25.3 Å². The number of amides is 3. The summed E-state index contributed by atoms with van der Waals surface area (Å²) in [6.07, 6.45) is -1.03. The summed E-state index contributed by atoms with van der Waals surface area (Å²) in [5.41, 5.74) is 1.16. The molecule has 0 bridgehead atoms. The van der Waals surface area contributed by atoms with Crippen molar-refractivity contribution >= 4 is 17.9 Å². The van der Waals surface area contributed by atoms with Crippen molar-refractivity contribution in [2.24, 2.45) is 0 Å². The molecule has 1 fully saturated rings. The molecule has 7 nitrogen and oxygen atoms in total. The molecule has 7 heteroatoms. The summed E-state index contributed by atoms with van der Waals surface area (Å²) in [6.45, 7) is 2.52. The summed E-state index contributed by atoms with van der Waals surface area (Å²) >= 11 is 0. The van der Waals surface area contributed by atoms with Crippen molar-refractivity contribution in [3.05, 3.63) is 35.4 Å². The first kappa shape index (κ1) is 16.0. The topological polar surface area (TPSA) is 84.9 Å². The van der Waals surface area contributed by atoms with Crippen LogP contribution in [0.5, 0.6) is 0 Å². The molecule has 1 N–H and O–H groups in total. The van der Waals surface area contributed by atoms with Gasteiger partial charge in [-0.2, -0.15) is 0 Å². The van der Waals surface area contributed by atoms with Crippen LogP contribution in [0.1, 0.15) is 22.8 Å². The van der Waals surface area contributed by atoms with E-state index in [-0.39, 0.29) is 6.54 Å². The largest absolute Gasteiger partial charge is 0.449 e. The second-order valence-electron chi connectivity index (χ2n) is 4.90. The average Bonchev–Trinajstić information content (AvgIpc) is 2.93. The number of ether oxygens (including phenoxy) is 2. The van der Waals surface area contributed by atoms with Gasteiger partial charge in [-0.15, -0.1) is 0 Å². The fourth-order valence-corrected chi connectivity index (χ4v) is 2.14. The van der Waals surface area contributed by atoms with Crippen LogP contribution in [0.15, 0.2) is 24.3 Å². The highest BCUT2D eigenvalue weighted by Crippen LogP contribution is 2.11. The minimum atomic E-state index is -1.03. The van der Waals surface area contributed by atoms with Crippen molar-refractivity contribution < 1.29 is 23.9 Å². The molecule has 0 unspecified atom stereocenters. The number of nitrogens with zero attached hydrogens (tertiary/aromatic N) is 1. The van der Waals surface area contributed by atoms with E-state index in [1.807, 2.05) is 6.07 Å². The second kappa shape index (κ2) is 7.04. The Balaban J connectivity index is 2.00. The zero-order valence-electron chi connectivity index (χ0n) is 12.5. The molecular formula is C15H18N2O5. The lowest BCUT2D eigenvalue weighted by Crippen LogP contribution is -2.41. The number of carbonyl (C=O) groups is 3. The molecule has 0 aliphatic carbocycles. The quantitative estimate of drug-likeness (QED) is 0.818. The number of methoxy groups -OCH3 is 1. The third kappa shape index (κ3) is 3.62. The molecule has 1 aromatic rings. The van der Waals surface area contributed by atoms with Gasteiger partial charge in [-0.05, 0) is 24.6 Å². The number of carbonyl (C=O) groups excluding carboxylic acids is 3. The normalized spacial score (nSPS) is 15.4. The Kier molecular flexibility index (Phi) is 5.11. The average molecular weight is 306 g/mol. The maximum absolute atomic E-state index is 12.1. The molecular weight excluding hydrogens is 288 g/mol. The standard InChI is InChI=1S/C15H18N2O5/c1-10(13(18)17-7-6-16-15(17)20)22-14(19)12-5-3-4-11(8-12)9-21-2/h3-5,8,10H,6-7,9H2,1-2H3,(H,16,20)/t10-/m0/s1. The molecule has 1 heterocycles. The smallest absolute Gasteiger partial charge is 0.338 e. The summed E-state index contributed by atoms with van der Waals surface area (Å²) < 4.78 is 10.1. The maximum Gasteiger partial charge on any atom is 0.338 e. The Morgan fingerprint density at radius 2 is 2.18 bits per heavy atom. The van der Waals surface area contributed by atoms with E-state index in [2.05, 4.69) is 5.32 Å². The number of nitrogens with one attached hydrogen (secondary N) is 1. The molecule has 0 aromatic heterocycles. The Morgan fingerprint density at radius 3 is 2.82 bits per heavy atom. The Bertz CT molecular complexity index is 587. The van der Waals surface area contributed by atoms with Crippen molar-refractivity contribution in [1.29, 1.82) is 0 Å². The van der Waals surface area contributed by atoms with E-state index in [1.165, 1.54) is 6.92 Å². The van der Waals surface area contributed by atoms with E-state index in [9.17, 15) is 14.4 Å². The van der Waals surface area contributed by atoms with Gasteiger partial charge in [0.05, 0.1) is 12.2 Å². The predicted molar refractivity (Wildman–Crippen MR) is 77.1 cm³/mol. The van der Waals surface area contributed by atoms with Gasteiger partial charge in [-0.25, -0.2) is 9.59 Å². The van der Waals surface area contributed by atoms with E-state index in [0.717, 1.165) is 10.5 Å². The maximum atomic E-state index is 12.1. The molecule has 1 aliphatic rings. The lowest BCUT2D eigenvalue weighted by Gasteiger charge is -2.18. The summed E-state index contributed by atoms with van der Waals surface area (Å²) in [6, 6.07) is 6.32. The summed E-state index contributed by atoms with van der Waals surface area (Å²) in [5.74, 6) is -1.14. The van der Waals surface area contributed by atoms with Gasteiger partial charge >= 0.3 is 12.0 Å². The second-order valence-corrected chi connectivity index (χ2v) is 4.90. The molecule has 3 amide bonds. The molecule has 0 saturated carbocycles. The van der Waals surface area contributed by atoms with Crippen LogP contribution >= 0.6 is 0 Å². The van der Waals surface area contributed by atoms with Crippen LogP contribution in [-0.4, -0.2) is 49.1 Å². The van der Waals surface area contributed by atoms with Crippen molar-refractivity contribution in [2.75, 3.05) is 20.2 Å². The monoisotopic (exact) mass is 306 g/mol. The number of hydrogen-bond acceptors (Lipinski definition) is 5. The zero-order valence-corrected chi connectivity index (χ0v) is 12.5. The van der Waals surface area contributed by atoms with Crippen LogP contribution in [0.4, 0.5) is 4.79 Å². The lowest BCUT2D eigenvalue weighted by atomic mass is 10.1. The minimum absolute atomic E-state index is 0.281. The van der Waals surface area contributed by atoms with Gasteiger partial charge < -0.3 is 14.8 Å². The van der Waals surface area contributed by atoms with Gasteiger partial charge in [-0.3, -0.25) is 9.69 Å². The van der Waals surface area contributed by atoms with Gasteiger partial charge in [-0.1, -0.05) is 12.1 Å². The Labute approximate surface area is 128 Å². The highest BCUT2D eigenvalue weighted by molar-refractivity contribution is 5.99. The van der Waals surface area contributed by atoms with Crippen molar-refractivity contribution in [3.8, 4) is 0 Å². The number of hydrogen-bond donors (Lipinski definition) is 1. The molecule has 1 saturated heterocycles. The van der Waals surface area contributed by atoms with E-state index in [0.29, 0.717) is 18.7 Å². The van der Waals surface area contributed by atoms with Gasteiger partial charge in [0.2, 0.25) is 0 Å². The third-order valence-electron chi connectivity index (χ3n) is 3.23. The van der Waals surface area contributed by atoms with Gasteiger partial charge in [0.25, 0.3) is 5.91 Å². The number of urea groups is 1. The number of imide groups is 1. The van der Waals surface area contributed by atoms with E-state index >= 15 is 0 Å². The first-order valence-corrected chi connectivity index (χ1v) is 6.91. The minimum Gasteiger partial charge on any atom is -0.449 e. The van der Waals surface area contributed by atoms with E-state index in [4.69, 9.17) is 9.47 Å². The van der Waals surface area contributed by atoms with Crippen molar-refractivity contribution in [1.82, 2.24) is 10.2 Å². The lowest BCUT2D eigenvalue weighted by molar-refractivity contribution is -0.136. The van der Waals surface area contributed by atoms with Crippen LogP contribution in [0.2, 0.25) is 0 Å². The van der Waals surface area contributed by atoms with Crippen molar-refractivity contribution in [2.45, 2.75) is 19.6 Å². The summed E-state index contributed by atoms with van der Waals surface area (Å²) in [5, 5.41) is 2.52. The Hall–Kier alpha value is -2.41. The van der Waals surface area contributed by atoms with Crippen LogP contribution in [0.25, 0.3) is 0 Å². The third-order valence-corrected chi connectivity index (χ3v) is 3.23. The molecule has 1 atom stereocenters. The molecule has 118 valence electrons. The summed E-state index contributed by atoms with van der Waals surface area (Å²) in [7, 11) is 1.56. The molecule has 22 heavy (non-hydrogen) atoms. The van der Waals surface area contributed by atoms with Gasteiger partial charge in [0, 0.05) is 20.2 Å². The van der Waals surface area contributed by atoms with Gasteiger partial charge in [0.1, 0.15) is 0 Å². The van der Waals surface area contributed by atoms with Crippen LogP contribution in [0.3, 0.4) is 0 Å². The fourth-order valence-electron chi connectivity index (χ4n) is 2.14. The molecule has 0 radical (unpaired) electrons. The first-order valence-electron chi connectivity index (χ1n) is 6.91. The number of benzene rings is 1. The predicted octanol–water partition coefficient (Wildman–Crippen LogP) is 0.930.